The van der Waals surface area contributed by atoms with Crippen molar-refractivity contribution in [2.75, 3.05) is 20.1 Å². The molecule has 0 bridgehead atoms. The third kappa shape index (κ3) is 6.15. The maximum absolute atomic E-state index is 13.2. The van der Waals surface area contributed by atoms with E-state index in [1.54, 1.807) is 24.5 Å². The predicted octanol–water partition coefficient (Wildman–Crippen LogP) is 4.10. The van der Waals surface area contributed by atoms with Crippen molar-refractivity contribution in [3.63, 3.8) is 0 Å². The Hall–Kier alpha value is -1.71. The molecule has 0 fully saturated rings. The van der Waals surface area contributed by atoms with E-state index in [4.69, 9.17) is 0 Å². The van der Waals surface area contributed by atoms with Crippen molar-refractivity contribution < 1.29 is 9.50 Å². The quantitative estimate of drug-likeness (QED) is 0.272. The third-order valence-corrected chi connectivity index (χ3v) is 5.27. The first-order valence-electron chi connectivity index (χ1n) is 8.51. The number of guanidine groups is 1. The molecule has 2 aromatic carbocycles. The molecular formula is C20H23FIN3OS. The van der Waals surface area contributed by atoms with Crippen molar-refractivity contribution in [3.8, 4) is 0 Å². The summed E-state index contributed by atoms with van der Waals surface area (Å²) in [5, 5.41) is 17.9. The van der Waals surface area contributed by atoms with Crippen LogP contribution >= 0.6 is 35.3 Å². The van der Waals surface area contributed by atoms with Crippen LogP contribution in [-0.4, -0.2) is 31.2 Å². The number of nitrogens with one attached hydrogen (secondary N) is 2. The first-order valence-corrected chi connectivity index (χ1v) is 9.33. The van der Waals surface area contributed by atoms with Gasteiger partial charge in [-0.15, -0.1) is 35.3 Å². The fourth-order valence-corrected chi connectivity index (χ4v) is 3.75. The molecule has 1 heterocycles. The molecule has 7 heteroatoms. The number of benzene rings is 2. The Kier molecular flexibility index (Phi) is 8.46. The number of aliphatic imine (C=N–C) groups is 1. The van der Waals surface area contributed by atoms with Crippen molar-refractivity contribution in [3.05, 3.63) is 70.9 Å². The van der Waals surface area contributed by atoms with Crippen LogP contribution in [-0.2, 0) is 6.42 Å². The first kappa shape index (κ1) is 21.6. The van der Waals surface area contributed by atoms with Crippen molar-refractivity contribution >= 4 is 51.4 Å². The Morgan fingerprint density at radius 3 is 2.70 bits per heavy atom. The zero-order chi connectivity index (χ0) is 18.4. The second-order valence-electron chi connectivity index (χ2n) is 5.96. The van der Waals surface area contributed by atoms with Crippen molar-refractivity contribution in [2.45, 2.75) is 12.5 Å². The van der Waals surface area contributed by atoms with Gasteiger partial charge in [-0.25, -0.2) is 4.39 Å². The van der Waals surface area contributed by atoms with Crippen LogP contribution in [0.15, 0.2) is 59.6 Å². The standard InChI is InChI=1S/C20H22FN3OS.HI/c1-22-20(23-10-9-14-5-4-7-16(21)11-14)24-13-17(25)19-12-15-6-2-3-8-18(15)26-19;/h2-8,11-12,17,25H,9-10,13H2,1H3,(H2,22,23,24);1H. The van der Waals surface area contributed by atoms with Crippen LogP contribution in [0.3, 0.4) is 0 Å². The number of rotatable bonds is 6. The topological polar surface area (TPSA) is 56.7 Å². The largest absolute Gasteiger partial charge is 0.386 e. The minimum absolute atomic E-state index is 0. The fraction of sp³-hybridized carbons (Fsp3) is 0.250. The van der Waals surface area contributed by atoms with Crippen LogP contribution in [0.2, 0.25) is 0 Å². The number of nitrogens with zero attached hydrogens (tertiary/aromatic N) is 1. The number of thiophene rings is 1. The Labute approximate surface area is 179 Å². The maximum Gasteiger partial charge on any atom is 0.191 e. The van der Waals surface area contributed by atoms with Crippen molar-refractivity contribution in [1.29, 1.82) is 0 Å². The molecule has 0 saturated heterocycles. The van der Waals surface area contributed by atoms with E-state index in [0.29, 0.717) is 25.5 Å². The minimum atomic E-state index is -0.603. The highest BCUT2D eigenvalue weighted by atomic mass is 127. The zero-order valence-electron chi connectivity index (χ0n) is 15.0. The summed E-state index contributed by atoms with van der Waals surface area (Å²) in [6.07, 6.45) is 0.0892. The molecule has 4 nitrogen and oxygen atoms in total. The average molecular weight is 499 g/mol. The van der Waals surface area contributed by atoms with Gasteiger partial charge in [0.25, 0.3) is 0 Å². The molecule has 0 aliphatic rings. The summed E-state index contributed by atoms with van der Waals surface area (Å²) in [6, 6.07) is 16.7. The molecule has 3 rings (SSSR count). The molecule has 3 N–H and O–H groups in total. The Balaban J connectivity index is 0.00000261. The highest BCUT2D eigenvalue weighted by Gasteiger charge is 2.12. The van der Waals surface area contributed by atoms with E-state index < -0.39 is 6.10 Å². The number of aliphatic hydroxyl groups is 1. The molecule has 3 aromatic rings. The van der Waals surface area contributed by atoms with Gasteiger partial charge in [-0.1, -0.05) is 30.3 Å². The van der Waals surface area contributed by atoms with Crippen molar-refractivity contribution in [2.24, 2.45) is 4.99 Å². The smallest absolute Gasteiger partial charge is 0.191 e. The van der Waals surface area contributed by atoms with E-state index in [1.807, 2.05) is 30.3 Å². The monoisotopic (exact) mass is 499 g/mol. The summed E-state index contributed by atoms with van der Waals surface area (Å²) in [7, 11) is 1.68. The molecule has 0 amide bonds. The lowest BCUT2D eigenvalue weighted by molar-refractivity contribution is 0.184. The Morgan fingerprint density at radius 1 is 1.15 bits per heavy atom. The number of hydrogen-bond acceptors (Lipinski definition) is 3. The van der Waals surface area contributed by atoms with Gasteiger partial charge in [-0.2, -0.15) is 0 Å². The number of aliphatic hydroxyl groups excluding tert-OH is 1. The molecule has 27 heavy (non-hydrogen) atoms. The number of fused-ring (bicyclic) bond motifs is 1. The lowest BCUT2D eigenvalue weighted by atomic mass is 10.1. The lowest BCUT2D eigenvalue weighted by Crippen LogP contribution is -2.40. The van der Waals surface area contributed by atoms with Crippen LogP contribution in [0.25, 0.3) is 10.1 Å². The molecular weight excluding hydrogens is 476 g/mol. The molecule has 1 unspecified atom stereocenters. The summed E-state index contributed by atoms with van der Waals surface area (Å²) in [5.74, 6) is 0.387. The van der Waals surface area contributed by atoms with E-state index in [-0.39, 0.29) is 29.8 Å². The highest BCUT2D eigenvalue weighted by Crippen LogP contribution is 2.29. The van der Waals surface area contributed by atoms with E-state index in [0.717, 1.165) is 15.8 Å². The van der Waals surface area contributed by atoms with E-state index >= 15 is 0 Å². The van der Waals surface area contributed by atoms with Crippen LogP contribution in [0.4, 0.5) is 4.39 Å². The maximum atomic E-state index is 13.2. The summed E-state index contributed by atoms with van der Waals surface area (Å²) < 4.78 is 14.3. The molecule has 0 saturated carbocycles. The van der Waals surface area contributed by atoms with E-state index in [2.05, 4.69) is 21.7 Å². The first-order chi connectivity index (χ1) is 12.7. The zero-order valence-corrected chi connectivity index (χ0v) is 18.1. The summed E-state index contributed by atoms with van der Waals surface area (Å²) in [5.41, 5.74) is 0.929. The van der Waals surface area contributed by atoms with Crippen LogP contribution in [0, 0.1) is 5.82 Å². The minimum Gasteiger partial charge on any atom is -0.386 e. The van der Waals surface area contributed by atoms with Crippen molar-refractivity contribution in [1.82, 2.24) is 10.6 Å². The van der Waals surface area contributed by atoms with Crippen LogP contribution in [0.5, 0.6) is 0 Å². The molecule has 1 atom stereocenters. The number of hydrogen-bond donors (Lipinski definition) is 3. The fourth-order valence-electron chi connectivity index (χ4n) is 2.70. The summed E-state index contributed by atoms with van der Waals surface area (Å²) in [4.78, 5) is 5.08. The van der Waals surface area contributed by atoms with Gasteiger partial charge in [-0.3, -0.25) is 4.99 Å². The van der Waals surface area contributed by atoms with Gasteiger partial charge in [0.1, 0.15) is 11.9 Å². The van der Waals surface area contributed by atoms with E-state index in [9.17, 15) is 9.50 Å². The predicted molar refractivity (Wildman–Crippen MR) is 122 cm³/mol. The van der Waals surface area contributed by atoms with Gasteiger partial charge in [-0.05, 0) is 41.6 Å². The average Bonchev–Trinajstić information content (AvgIpc) is 3.08. The lowest BCUT2D eigenvalue weighted by Gasteiger charge is -2.14. The molecule has 0 aliphatic heterocycles. The van der Waals surface area contributed by atoms with Gasteiger partial charge in [0.2, 0.25) is 0 Å². The van der Waals surface area contributed by atoms with Gasteiger partial charge < -0.3 is 15.7 Å². The van der Waals surface area contributed by atoms with Crippen LogP contribution < -0.4 is 10.6 Å². The Bertz CT molecular complexity index is 867. The SMILES string of the molecule is CN=C(NCCc1cccc(F)c1)NCC(O)c1cc2ccccc2s1.I. The molecule has 0 spiro atoms. The summed E-state index contributed by atoms with van der Waals surface area (Å²) >= 11 is 1.60. The second kappa shape index (κ2) is 10.6. The van der Waals surface area contributed by atoms with Crippen LogP contribution in [0.1, 0.15) is 16.5 Å². The van der Waals surface area contributed by atoms with Gasteiger partial charge in [0, 0.05) is 29.7 Å². The molecule has 0 aliphatic carbocycles. The Morgan fingerprint density at radius 2 is 1.96 bits per heavy atom. The number of halogens is 2. The third-order valence-electron chi connectivity index (χ3n) is 4.05. The molecule has 1 aromatic heterocycles. The molecule has 144 valence electrons. The van der Waals surface area contributed by atoms with Gasteiger partial charge >= 0.3 is 0 Å². The van der Waals surface area contributed by atoms with Gasteiger partial charge in [0.05, 0.1) is 0 Å². The summed E-state index contributed by atoms with van der Waals surface area (Å²) in [6.45, 7) is 0.995. The van der Waals surface area contributed by atoms with Gasteiger partial charge in [0.15, 0.2) is 5.96 Å². The second-order valence-corrected chi connectivity index (χ2v) is 7.08. The van der Waals surface area contributed by atoms with E-state index in [1.165, 1.54) is 16.8 Å². The highest BCUT2D eigenvalue weighted by molar-refractivity contribution is 14.0. The molecule has 0 radical (unpaired) electrons. The normalized spacial score (nSPS) is 12.5.